The monoisotopic (exact) mass is 523 g/mol. The molecule has 0 fully saturated rings. The molecule has 0 spiro atoms. The molecule has 0 amide bonds. The van der Waals surface area contributed by atoms with E-state index in [0.29, 0.717) is 6.54 Å². The van der Waals surface area contributed by atoms with Crippen LogP contribution in [0, 0.1) is 0 Å². The molecule has 4 nitrogen and oxygen atoms in total. The fourth-order valence-electron chi connectivity index (χ4n) is 1.93. The third-order valence-corrected chi connectivity index (χ3v) is 4.63. The summed E-state index contributed by atoms with van der Waals surface area (Å²) in [6, 6.07) is 0. The Morgan fingerprint density at radius 2 is 1.25 bits per heavy atom. The topological polar surface area (TPSA) is 80.4 Å². The highest BCUT2D eigenvalue weighted by Gasteiger charge is 2.85. The second-order valence-electron chi connectivity index (χ2n) is 6.32. The molecule has 0 heterocycles. The van der Waals surface area contributed by atoms with Crippen LogP contribution < -0.4 is 5.73 Å². The SMILES string of the molecule is C=CCN.O=S(=O)(O)C(F)(F)C(F)(F)C(F)(F)C(F)(F)C(F)CCCCCCC(F)(F)F. The van der Waals surface area contributed by atoms with E-state index in [-0.39, 0.29) is 6.42 Å². The van der Waals surface area contributed by atoms with Crippen molar-refractivity contribution >= 4 is 10.1 Å². The van der Waals surface area contributed by atoms with Crippen molar-refractivity contribution in [3.05, 3.63) is 12.7 Å². The standard InChI is InChI=1S/C12H14F12O3S.C3H7N/c13-7(5-3-1-2-4-6-8(14,15)16)9(17,18)10(19,20)11(21,22)12(23,24)28(25,26)27;1-2-3-4/h7H,1-6H2,(H,25,26,27);2H,1,3-4H2. The van der Waals surface area contributed by atoms with Crippen LogP contribution in [0.25, 0.3) is 0 Å². The lowest BCUT2D eigenvalue weighted by atomic mass is 9.96. The number of rotatable bonds is 12. The van der Waals surface area contributed by atoms with Gasteiger partial charge in [-0.25, -0.2) is 4.39 Å². The molecular weight excluding hydrogens is 502 g/mol. The minimum Gasteiger partial charge on any atom is -0.327 e. The molecule has 0 aromatic rings. The van der Waals surface area contributed by atoms with Gasteiger partial charge in [0.2, 0.25) is 0 Å². The molecule has 32 heavy (non-hydrogen) atoms. The van der Waals surface area contributed by atoms with Crippen molar-refractivity contribution in [3.63, 3.8) is 0 Å². The summed E-state index contributed by atoms with van der Waals surface area (Å²) in [6.07, 6.45) is -11.9. The molecule has 0 saturated heterocycles. The van der Waals surface area contributed by atoms with Gasteiger partial charge in [-0.05, 0) is 12.8 Å². The Morgan fingerprint density at radius 1 is 0.844 bits per heavy atom. The van der Waals surface area contributed by atoms with Gasteiger partial charge in [-0.2, -0.15) is 56.7 Å². The Morgan fingerprint density at radius 3 is 1.59 bits per heavy atom. The molecule has 1 unspecified atom stereocenters. The van der Waals surface area contributed by atoms with Crippen LogP contribution in [0.5, 0.6) is 0 Å². The van der Waals surface area contributed by atoms with Crippen molar-refractivity contribution in [1.82, 2.24) is 0 Å². The van der Waals surface area contributed by atoms with Crippen LogP contribution in [0.2, 0.25) is 0 Å². The number of hydrogen-bond acceptors (Lipinski definition) is 3. The van der Waals surface area contributed by atoms with Crippen molar-refractivity contribution in [3.8, 4) is 0 Å². The van der Waals surface area contributed by atoms with Crippen LogP contribution in [0.3, 0.4) is 0 Å². The third-order valence-electron chi connectivity index (χ3n) is 3.73. The molecule has 194 valence electrons. The van der Waals surface area contributed by atoms with Crippen LogP contribution in [0.15, 0.2) is 12.7 Å². The molecule has 1 atom stereocenters. The zero-order chi connectivity index (χ0) is 26.2. The molecule has 17 heteroatoms. The van der Waals surface area contributed by atoms with Gasteiger partial charge < -0.3 is 5.73 Å². The van der Waals surface area contributed by atoms with Gasteiger partial charge in [-0.1, -0.05) is 25.3 Å². The summed E-state index contributed by atoms with van der Waals surface area (Å²) >= 11 is 0. The molecule has 0 aromatic carbocycles. The van der Waals surface area contributed by atoms with Crippen LogP contribution in [0.4, 0.5) is 52.7 Å². The zero-order valence-electron chi connectivity index (χ0n) is 16.1. The van der Waals surface area contributed by atoms with Gasteiger partial charge in [0, 0.05) is 13.0 Å². The summed E-state index contributed by atoms with van der Waals surface area (Å²) in [4.78, 5) is 0. The highest BCUT2D eigenvalue weighted by atomic mass is 32.2. The van der Waals surface area contributed by atoms with Crippen LogP contribution in [-0.4, -0.2) is 54.9 Å². The van der Waals surface area contributed by atoms with Crippen molar-refractivity contribution < 1.29 is 65.7 Å². The minimum atomic E-state index is -7.39. The Balaban J connectivity index is 0. The van der Waals surface area contributed by atoms with Crippen molar-refractivity contribution in [2.24, 2.45) is 5.73 Å². The highest BCUT2D eigenvalue weighted by Crippen LogP contribution is 2.55. The molecule has 0 aliphatic carbocycles. The first-order valence-corrected chi connectivity index (χ1v) is 9.98. The first-order chi connectivity index (χ1) is 14.0. The Bertz CT molecular complexity index is 680. The van der Waals surface area contributed by atoms with Gasteiger partial charge in [0.15, 0.2) is 6.17 Å². The Labute approximate surface area is 175 Å². The maximum Gasteiger partial charge on any atom is 0.438 e. The fraction of sp³-hybridized carbons (Fsp3) is 0.867. The van der Waals surface area contributed by atoms with E-state index in [0.717, 1.165) is 0 Å². The van der Waals surface area contributed by atoms with Gasteiger partial charge in [0.1, 0.15) is 0 Å². The second-order valence-corrected chi connectivity index (χ2v) is 7.79. The lowest BCUT2D eigenvalue weighted by Crippen LogP contribution is -2.66. The predicted octanol–water partition coefficient (Wildman–Crippen LogP) is 5.75. The summed E-state index contributed by atoms with van der Waals surface area (Å²) in [5.41, 5.74) is 4.91. The summed E-state index contributed by atoms with van der Waals surface area (Å²) < 4.78 is 183. The predicted molar refractivity (Wildman–Crippen MR) is 89.2 cm³/mol. The van der Waals surface area contributed by atoms with E-state index in [1.807, 2.05) is 0 Å². The largest absolute Gasteiger partial charge is 0.438 e. The maximum atomic E-state index is 13.4. The number of hydrogen-bond donors (Lipinski definition) is 2. The maximum absolute atomic E-state index is 13.4. The lowest BCUT2D eigenvalue weighted by Gasteiger charge is -2.36. The third kappa shape index (κ3) is 8.28. The van der Waals surface area contributed by atoms with E-state index in [4.69, 9.17) is 10.3 Å². The molecular formula is C15H21F12NO3S. The van der Waals surface area contributed by atoms with Crippen molar-refractivity contribution in [2.45, 2.75) is 73.9 Å². The number of unbranched alkanes of at least 4 members (excludes halogenated alkanes) is 3. The van der Waals surface area contributed by atoms with Crippen molar-refractivity contribution in [1.29, 1.82) is 0 Å². The van der Waals surface area contributed by atoms with Gasteiger partial charge in [0.25, 0.3) is 0 Å². The average molecular weight is 523 g/mol. The zero-order valence-corrected chi connectivity index (χ0v) is 16.9. The summed E-state index contributed by atoms with van der Waals surface area (Å²) in [7, 11) is -7.28. The van der Waals surface area contributed by atoms with E-state index in [1.54, 1.807) is 6.08 Å². The molecule has 0 saturated carbocycles. The lowest BCUT2D eigenvalue weighted by molar-refractivity contribution is -0.359. The van der Waals surface area contributed by atoms with Crippen LogP contribution >= 0.6 is 0 Å². The smallest absolute Gasteiger partial charge is 0.327 e. The van der Waals surface area contributed by atoms with Gasteiger partial charge in [-0.15, -0.1) is 6.58 Å². The van der Waals surface area contributed by atoms with Crippen molar-refractivity contribution in [2.75, 3.05) is 6.54 Å². The normalized spacial score (nSPS) is 15.1. The first kappa shape index (κ1) is 32.9. The molecule has 3 N–H and O–H groups in total. The van der Waals surface area contributed by atoms with Gasteiger partial charge >= 0.3 is 39.3 Å². The van der Waals surface area contributed by atoms with Crippen LogP contribution in [0.1, 0.15) is 38.5 Å². The highest BCUT2D eigenvalue weighted by molar-refractivity contribution is 7.87. The Hall–Kier alpha value is -1.23. The number of alkyl halides is 12. The van der Waals surface area contributed by atoms with E-state index < -0.39 is 77.6 Å². The second kappa shape index (κ2) is 11.8. The van der Waals surface area contributed by atoms with E-state index in [2.05, 4.69) is 6.58 Å². The molecule has 0 bridgehead atoms. The van der Waals surface area contributed by atoms with E-state index in [1.165, 1.54) is 0 Å². The summed E-state index contributed by atoms with van der Waals surface area (Å²) in [5, 5.41) is -7.07. The molecule has 0 aliphatic heterocycles. The summed E-state index contributed by atoms with van der Waals surface area (Å²) in [6.45, 7) is 3.94. The number of nitrogens with two attached hydrogens (primary N) is 1. The Kier molecular flexibility index (Phi) is 12.1. The molecule has 0 rings (SSSR count). The van der Waals surface area contributed by atoms with Gasteiger partial charge in [0.05, 0.1) is 0 Å². The molecule has 0 radical (unpaired) electrons. The fourth-order valence-corrected chi connectivity index (χ4v) is 2.39. The van der Waals surface area contributed by atoms with Gasteiger partial charge in [-0.3, -0.25) is 4.55 Å². The molecule has 0 aliphatic rings. The minimum absolute atomic E-state index is 0.300. The average Bonchev–Trinajstić information content (AvgIpc) is 2.62. The summed E-state index contributed by atoms with van der Waals surface area (Å²) in [5.74, 6) is -21.1. The molecule has 0 aromatic heterocycles. The first-order valence-electron chi connectivity index (χ1n) is 8.54. The van der Waals surface area contributed by atoms with Crippen LogP contribution in [-0.2, 0) is 10.1 Å². The van der Waals surface area contributed by atoms with E-state index in [9.17, 15) is 61.1 Å². The van der Waals surface area contributed by atoms with E-state index >= 15 is 0 Å². The quantitative estimate of drug-likeness (QED) is 0.148. The number of halogens is 12.